The van der Waals surface area contributed by atoms with E-state index >= 15 is 0 Å². The normalized spacial score (nSPS) is 12.2. The Morgan fingerprint density at radius 2 is 1.63 bits per heavy atom. The second-order valence-electron chi connectivity index (χ2n) is 7.24. The predicted octanol–water partition coefficient (Wildman–Crippen LogP) is 4.66. The zero-order valence-electron chi connectivity index (χ0n) is 16.7. The van der Waals surface area contributed by atoms with Crippen molar-refractivity contribution < 1.29 is 8.42 Å². The molecule has 0 aliphatic carbocycles. The van der Waals surface area contributed by atoms with Crippen molar-refractivity contribution in [1.29, 1.82) is 0 Å². The van der Waals surface area contributed by atoms with Crippen molar-refractivity contribution in [1.82, 2.24) is 9.97 Å². The summed E-state index contributed by atoms with van der Waals surface area (Å²) in [5.41, 5.74) is 5.27. The molecule has 4 aromatic rings. The molecule has 0 aliphatic rings. The molecule has 0 radical (unpaired) electrons. The molecule has 0 spiro atoms. The maximum absolute atomic E-state index is 13.1. The van der Waals surface area contributed by atoms with E-state index in [1.807, 2.05) is 67.8 Å². The van der Waals surface area contributed by atoms with Crippen LogP contribution in [-0.4, -0.2) is 24.1 Å². The standard InChI is InChI=1S/C24H23N3O2S/c1-18-9-11-22(12-10-18)30(28,29)27-23(16-19-6-3-2-4-7-19)24-20(13-15-26-24)17-21-8-5-14-25-21/h2-15,25-26H,16-17H2,1H3/b27-23-. The summed E-state index contributed by atoms with van der Waals surface area (Å²) in [5, 5.41) is 0. The van der Waals surface area contributed by atoms with Gasteiger partial charge in [-0.15, -0.1) is 0 Å². The van der Waals surface area contributed by atoms with Crippen LogP contribution >= 0.6 is 0 Å². The highest BCUT2D eigenvalue weighted by Gasteiger charge is 2.19. The largest absolute Gasteiger partial charge is 0.365 e. The van der Waals surface area contributed by atoms with Crippen molar-refractivity contribution in [3.05, 3.63) is 113 Å². The van der Waals surface area contributed by atoms with Gasteiger partial charge in [0.2, 0.25) is 0 Å². The van der Waals surface area contributed by atoms with Crippen LogP contribution in [0.5, 0.6) is 0 Å². The van der Waals surface area contributed by atoms with Gasteiger partial charge in [0, 0.05) is 30.9 Å². The number of aromatic amines is 2. The SMILES string of the molecule is Cc1ccc(S(=O)(=O)/N=C(/Cc2ccccc2)c2[nH]ccc2Cc2ccc[nH]2)cc1. The van der Waals surface area contributed by atoms with E-state index in [0.29, 0.717) is 18.6 Å². The number of aryl methyl sites for hydroxylation is 1. The van der Waals surface area contributed by atoms with Crippen LogP contribution in [0.3, 0.4) is 0 Å². The van der Waals surface area contributed by atoms with Crippen LogP contribution in [0.1, 0.15) is 28.1 Å². The van der Waals surface area contributed by atoms with Gasteiger partial charge in [0.15, 0.2) is 0 Å². The van der Waals surface area contributed by atoms with Crippen LogP contribution in [0.25, 0.3) is 0 Å². The van der Waals surface area contributed by atoms with Gasteiger partial charge >= 0.3 is 0 Å². The van der Waals surface area contributed by atoms with Gasteiger partial charge in [-0.25, -0.2) is 0 Å². The predicted molar refractivity (Wildman–Crippen MR) is 119 cm³/mol. The molecule has 0 unspecified atom stereocenters. The van der Waals surface area contributed by atoms with E-state index < -0.39 is 10.0 Å². The average molecular weight is 418 g/mol. The molecule has 152 valence electrons. The lowest BCUT2D eigenvalue weighted by atomic mass is 10.0. The third-order valence-electron chi connectivity index (χ3n) is 4.93. The lowest BCUT2D eigenvalue weighted by Crippen LogP contribution is -2.12. The molecule has 0 bridgehead atoms. The van der Waals surface area contributed by atoms with E-state index in [2.05, 4.69) is 14.4 Å². The van der Waals surface area contributed by atoms with Crippen LogP contribution in [0.15, 0.2) is 94.5 Å². The van der Waals surface area contributed by atoms with Crippen molar-refractivity contribution in [3.63, 3.8) is 0 Å². The van der Waals surface area contributed by atoms with E-state index in [4.69, 9.17) is 0 Å². The fraction of sp³-hybridized carbons (Fsp3) is 0.125. The Bertz CT molecular complexity index is 1240. The molecule has 5 nitrogen and oxygen atoms in total. The number of H-pyrrole nitrogens is 2. The topological polar surface area (TPSA) is 78.1 Å². The Morgan fingerprint density at radius 1 is 0.867 bits per heavy atom. The maximum atomic E-state index is 13.1. The number of hydrogen-bond donors (Lipinski definition) is 2. The second kappa shape index (κ2) is 8.55. The summed E-state index contributed by atoms with van der Waals surface area (Å²) in [6.45, 7) is 1.92. The molecule has 2 aromatic heterocycles. The third kappa shape index (κ3) is 4.60. The fourth-order valence-corrected chi connectivity index (χ4v) is 4.40. The molecule has 0 aliphatic heterocycles. The van der Waals surface area contributed by atoms with E-state index in [0.717, 1.165) is 28.1 Å². The number of sulfonamides is 1. The van der Waals surface area contributed by atoms with E-state index in [9.17, 15) is 8.42 Å². The molecular formula is C24H23N3O2S. The van der Waals surface area contributed by atoms with Crippen molar-refractivity contribution in [2.24, 2.45) is 4.40 Å². The first-order valence-corrected chi connectivity index (χ1v) is 11.2. The summed E-state index contributed by atoms with van der Waals surface area (Å²) in [6.07, 6.45) is 4.77. The fourth-order valence-electron chi connectivity index (χ4n) is 3.36. The summed E-state index contributed by atoms with van der Waals surface area (Å²) in [5.74, 6) is 0. The molecule has 0 saturated heterocycles. The molecule has 2 N–H and O–H groups in total. The molecule has 0 fully saturated rings. The summed E-state index contributed by atoms with van der Waals surface area (Å²) in [6, 6.07) is 22.5. The van der Waals surface area contributed by atoms with E-state index in [1.165, 1.54) is 0 Å². The zero-order valence-corrected chi connectivity index (χ0v) is 17.5. The summed E-state index contributed by atoms with van der Waals surface area (Å²) in [7, 11) is -3.84. The summed E-state index contributed by atoms with van der Waals surface area (Å²) < 4.78 is 30.4. The van der Waals surface area contributed by atoms with Crippen LogP contribution < -0.4 is 0 Å². The second-order valence-corrected chi connectivity index (χ2v) is 8.84. The highest BCUT2D eigenvalue weighted by atomic mass is 32.2. The van der Waals surface area contributed by atoms with Crippen LogP contribution in [0, 0.1) is 6.92 Å². The van der Waals surface area contributed by atoms with Crippen molar-refractivity contribution in [3.8, 4) is 0 Å². The Balaban J connectivity index is 1.76. The van der Waals surface area contributed by atoms with Crippen LogP contribution in [-0.2, 0) is 22.9 Å². The van der Waals surface area contributed by atoms with Gasteiger partial charge < -0.3 is 9.97 Å². The summed E-state index contributed by atoms with van der Waals surface area (Å²) in [4.78, 5) is 6.60. The number of aromatic nitrogens is 2. The molecule has 0 atom stereocenters. The minimum Gasteiger partial charge on any atom is -0.365 e. The van der Waals surface area contributed by atoms with Gasteiger partial charge in [-0.2, -0.15) is 12.8 Å². The van der Waals surface area contributed by atoms with E-state index in [-0.39, 0.29) is 4.90 Å². The zero-order chi connectivity index (χ0) is 21.0. The minimum absolute atomic E-state index is 0.191. The van der Waals surface area contributed by atoms with Gasteiger partial charge in [0.05, 0.1) is 16.3 Å². The molecule has 2 heterocycles. The first-order chi connectivity index (χ1) is 14.5. The van der Waals surface area contributed by atoms with E-state index in [1.54, 1.807) is 24.3 Å². The monoisotopic (exact) mass is 417 g/mol. The number of rotatable bonds is 7. The van der Waals surface area contributed by atoms with Crippen molar-refractivity contribution in [2.45, 2.75) is 24.7 Å². The first-order valence-electron chi connectivity index (χ1n) is 9.74. The van der Waals surface area contributed by atoms with Gasteiger partial charge in [-0.05, 0) is 48.4 Å². The van der Waals surface area contributed by atoms with Crippen molar-refractivity contribution >= 4 is 15.7 Å². The number of nitrogens with one attached hydrogen (secondary N) is 2. The van der Waals surface area contributed by atoms with Crippen molar-refractivity contribution in [2.75, 3.05) is 0 Å². The average Bonchev–Trinajstić information content (AvgIpc) is 3.41. The molecule has 30 heavy (non-hydrogen) atoms. The Morgan fingerprint density at radius 3 is 2.33 bits per heavy atom. The first kappa shape index (κ1) is 19.9. The Hall–Kier alpha value is -3.38. The molecule has 6 heteroatoms. The van der Waals surface area contributed by atoms with Gasteiger partial charge in [-0.1, -0.05) is 48.0 Å². The molecular weight excluding hydrogens is 394 g/mol. The highest BCUT2D eigenvalue weighted by molar-refractivity contribution is 7.90. The number of hydrogen-bond acceptors (Lipinski definition) is 2. The Kier molecular flexibility index (Phi) is 5.68. The van der Waals surface area contributed by atoms with Crippen LogP contribution in [0.4, 0.5) is 0 Å². The highest BCUT2D eigenvalue weighted by Crippen LogP contribution is 2.20. The van der Waals surface area contributed by atoms with Crippen LogP contribution in [0.2, 0.25) is 0 Å². The minimum atomic E-state index is -3.84. The molecule has 2 aromatic carbocycles. The molecule has 4 rings (SSSR count). The lowest BCUT2D eigenvalue weighted by Gasteiger charge is -2.10. The smallest absolute Gasteiger partial charge is 0.282 e. The number of benzene rings is 2. The maximum Gasteiger partial charge on any atom is 0.282 e. The lowest BCUT2D eigenvalue weighted by molar-refractivity contribution is 0.598. The third-order valence-corrected chi connectivity index (χ3v) is 6.26. The molecule has 0 amide bonds. The molecule has 0 saturated carbocycles. The summed E-state index contributed by atoms with van der Waals surface area (Å²) >= 11 is 0. The quantitative estimate of drug-likeness (QED) is 0.429. The number of nitrogens with zero attached hydrogens (tertiary/aromatic N) is 1. The Labute approximate surface area is 176 Å². The van der Waals surface area contributed by atoms with Gasteiger partial charge in [-0.3, -0.25) is 0 Å². The van der Waals surface area contributed by atoms with Gasteiger partial charge in [0.1, 0.15) is 0 Å². The van der Waals surface area contributed by atoms with Gasteiger partial charge in [0.25, 0.3) is 10.0 Å².